The van der Waals surface area contributed by atoms with Crippen molar-refractivity contribution in [1.29, 1.82) is 0 Å². The highest BCUT2D eigenvalue weighted by Gasteiger charge is 2.20. The Kier molecular flexibility index (Phi) is 4.99. The zero-order valence-corrected chi connectivity index (χ0v) is 11.4. The van der Waals surface area contributed by atoms with Gasteiger partial charge in [-0.3, -0.25) is 0 Å². The summed E-state index contributed by atoms with van der Waals surface area (Å²) in [4.78, 5) is 0. The van der Waals surface area contributed by atoms with Crippen LogP contribution >= 0.6 is 0 Å². The summed E-state index contributed by atoms with van der Waals surface area (Å²) in [5.41, 5.74) is -0.193. The van der Waals surface area contributed by atoms with Crippen LogP contribution in [0.15, 0.2) is 18.2 Å². The van der Waals surface area contributed by atoms with Gasteiger partial charge in [-0.15, -0.1) is 0 Å². The van der Waals surface area contributed by atoms with Crippen molar-refractivity contribution in [3.8, 4) is 11.5 Å². The summed E-state index contributed by atoms with van der Waals surface area (Å²) in [6.07, 6.45) is -0.0291. The number of aliphatic hydroxyl groups is 2. The molecule has 0 bridgehead atoms. The average molecular weight is 254 g/mol. The summed E-state index contributed by atoms with van der Waals surface area (Å²) in [6.45, 7) is 5.46. The number of hydrogen-bond acceptors (Lipinski definition) is 4. The number of benzene rings is 1. The molecule has 0 aliphatic heterocycles. The summed E-state index contributed by atoms with van der Waals surface area (Å²) in [6, 6.07) is 5.25. The van der Waals surface area contributed by atoms with Crippen molar-refractivity contribution in [2.24, 2.45) is 0 Å². The first kappa shape index (κ1) is 14.8. The van der Waals surface area contributed by atoms with Gasteiger partial charge in [-0.2, -0.15) is 0 Å². The second kappa shape index (κ2) is 6.07. The molecular formula is C14H22O4. The topological polar surface area (TPSA) is 58.9 Å². The van der Waals surface area contributed by atoms with Gasteiger partial charge in [0, 0.05) is 11.6 Å². The zero-order valence-electron chi connectivity index (χ0n) is 11.4. The van der Waals surface area contributed by atoms with Gasteiger partial charge in [0.1, 0.15) is 18.1 Å². The first-order chi connectivity index (χ1) is 8.39. The van der Waals surface area contributed by atoms with E-state index in [1.54, 1.807) is 39.2 Å². The molecule has 18 heavy (non-hydrogen) atoms. The number of rotatable bonds is 6. The van der Waals surface area contributed by atoms with E-state index in [1.165, 1.54) is 0 Å². The fourth-order valence-corrected chi connectivity index (χ4v) is 1.45. The summed E-state index contributed by atoms with van der Waals surface area (Å²) in [7, 11) is 1.57. The molecule has 1 aromatic rings. The summed E-state index contributed by atoms with van der Waals surface area (Å²) >= 11 is 0. The minimum Gasteiger partial charge on any atom is -0.497 e. The third kappa shape index (κ3) is 3.89. The molecule has 2 N–H and O–H groups in total. The van der Waals surface area contributed by atoms with Crippen molar-refractivity contribution >= 4 is 0 Å². The van der Waals surface area contributed by atoms with E-state index in [0.29, 0.717) is 23.5 Å². The van der Waals surface area contributed by atoms with Gasteiger partial charge >= 0.3 is 0 Å². The standard InChI is InChI=1S/C14H22O4/c1-5-14(3,16)9-18-13-8-11(17-4)6-7-12(13)10(2)15/h6-8,10,15-16H,5,9H2,1-4H3/t10-,14?/m1/s1. The van der Waals surface area contributed by atoms with Crippen molar-refractivity contribution in [2.45, 2.75) is 38.9 Å². The molecule has 1 rings (SSSR count). The van der Waals surface area contributed by atoms with E-state index in [0.717, 1.165) is 0 Å². The van der Waals surface area contributed by atoms with Gasteiger partial charge in [-0.05, 0) is 32.4 Å². The molecule has 0 saturated carbocycles. The van der Waals surface area contributed by atoms with Crippen LogP contribution in [0, 0.1) is 0 Å². The maximum Gasteiger partial charge on any atom is 0.128 e. The van der Waals surface area contributed by atoms with Crippen LogP contribution in [0.3, 0.4) is 0 Å². The number of ether oxygens (including phenoxy) is 2. The van der Waals surface area contributed by atoms with Crippen LogP contribution in [0.25, 0.3) is 0 Å². The Balaban J connectivity index is 2.91. The molecule has 0 aromatic heterocycles. The van der Waals surface area contributed by atoms with E-state index in [9.17, 15) is 10.2 Å². The maximum atomic E-state index is 9.92. The van der Waals surface area contributed by atoms with E-state index in [4.69, 9.17) is 9.47 Å². The molecule has 1 unspecified atom stereocenters. The van der Waals surface area contributed by atoms with Crippen LogP contribution in [0.1, 0.15) is 38.9 Å². The van der Waals surface area contributed by atoms with E-state index >= 15 is 0 Å². The molecule has 4 heteroatoms. The highest BCUT2D eigenvalue weighted by molar-refractivity contribution is 5.41. The minimum absolute atomic E-state index is 0.177. The van der Waals surface area contributed by atoms with Gasteiger partial charge < -0.3 is 19.7 Å². The Bertz CT molecular complexity index is 385. The molecular weight excluding hydrogens is 232 g/mol. The molecule has 4 nitrogen and oxygen atoms in total. The van der Waals surface area contributed by atoms with Crippen molar-refractivity contribution < 1.29 is 19.7 Å². The van der Waals surface area contributed by atoms with E-state index in [1.807, 2.05) is 6.92 Å². The van der Waals surface area contributed by atoms with Gasteiger partial charge in [-0.25, -0.2) is 0 Å². The van der Waals surface area contributed by atoms with Crippen molar-refractivity contribution in [3.05, 3.63) is 23.8 Å². The second-order valence-corrected chi connectivity index (χ2v) is 4.72. The molecule has 0 saturated heterocycles. The van der Waals surface area contributed by atoms with Crippen molar-refractivity contribution in [3.63, 3.8) is 0 Å². The van der Waals surface area contributed by atoms with Gasteiger partial charge in [0.25, 0.3) is 0 Å². The van der Waals surface area contributed by atoms with Crippen LogP contribution < -0.4 is 9.47 Å². The molecule has 102 valence electrons. The molecule has 0 aliphatic rings. The lowest BCUT2D eigenvalue weighted by Crippen LogP contribution is -2.31. The largest absolute Gasteiger partial charge is 0.497 e. The average Bonchev–Trinajstić information content (AvgIpc) is 2.36. The van der Waals surface area contributed by atoms with Gasteiger partial charge in [0.15, 0.2) is 0 Å². The quantitative estimate of drug-likeness (QED) is 0.817. The highest BCUT2D eigenvalue weighted by Crippen LogP contribution is 2.30. The number of aliphatic hydroxyl groups excluding tert-OH is 1. The number of hydrogen-bond donors (Lipinski definition) is 2. The molecule has 2 atom stereocenters. The van der Waals surface area contributed by atoms with E-state index < -0.39 is 11.7 Å². The molecule has 0 aliphatic carbocycles. The summed E-state index contributed by atoms with van der Waals surface area (Å²) < 4.78 is 10.7. The Labute approximate surface area is 108 Å². The molecule has 1 aromatic carbocycles. The van der Waals surface area contributed by atoms with E-state index in [-0.39, 0.29) is 6.61 Å². The Morgan fingerprint density at radius 3 is 2.56 bits per heavy atom. The van der Waals surface area contributed by atoms with Gasteiger partial charge in [-0.1, -0.05) is 6.92 Å². The van der Waals surface area contributed by atoms with Crippen LogP contribution in [-0.4, -0.2) is 29.5 Å². The third-order valence-corrected chi connectivity index (χ3v) is 2.97. The third-order valence-electron chi connectivity index (χ3n) is 2.97. The SMILES string of the molecule is CCC(C)(O)COc1cc(OC)ccc1[C@@H](C)O. The van der Waals surface area contributed by atoms with Gasteiger partial charge in [0.05, 0.1) is 18.8 Å². The second-order valence-electron chi connectivity index (χ2n) is 4.72. The van der Waals surface area contributed by atoms with Crippen LogP contribution in [0.4, 0.5) is 0 Å². The van der Waals surface area contributed by atoms with E-state index in [2.05, 4.69) is 0 Å². The first-order valence-electron chi connectivity index (χ1n) is 6.11. The Morgan fingerprint density at radius 2 is 2.06 bits per heavy atom. The Morgan fingerprint density at radius 1 is 1.39 bits per heavy atom. The van der Waals surface area contributed by atoms with Crippen LogP contribution in [0.5, 0.6) is 11.5 Å². The monoisotopic (exact) mass is 254 g/mol. The predicted molar refractivity (Wildman–Crippen MR) is 70.0 cm³/mol. The lowest BCUT2D eigenvalue weighted by molar-refractivity contribution is 0.00739. The van der Waals surface area contributed by atoms with Crippen LogP contribution in [0.2, 0.25) is 0 Å². The van der Waals surface area contributed by atoms with Gasteiger partial charge in [0.2, 0.25) is 0 Å². The molecule has 0 radical (unpaired) electrons. The van der Waals surface area contributed by atoms with Crippen molar-refractivity contribution in [1.82, 2.24) is 0 Å². The molecule has 0 fully saturated rings. The minimum atomic E-state index is -0.876. The summed E-state index contributed by atoms with van der Waals surface area (Å²) in [5.74, 6) is 1.20. The normalized spacial score (nSPS) is 15.9. The van der Waals surface area contributed by atoms with Crippen molar-refractivity contribution in [2.75, 3.05) is 13.7 Å². The molecule has 0 spiro atoms. The number of methoxy groups -OCH3 is 1. The maximum absolute atomic E-state index is 9.92. The Hall–Kier alpha value is -1.26. The first-order valence-corrected chi connectivity index (χ1v) is 6.11. The zero-order chi connectivity index (χ0) is 13.8. The summed E-state index contributed by atoms with van der Waals surface area (Å²) in [5, 5.41) is 19.6. The molecule has 0 heterocycles. The van der Waals surface area contributed by atoms with Crippen LogP contribution in [-0.2, 0) is 0 Å². The smallest absolute Gasteiger partial charge is 0.128 e. The predicted octanol–water partition coefficient (Wildman–Crippen LogP) is 2.29. The molecule has 0 amide bonds. The highest BCUT2D eigenvalue weighted by atomic mass is 16.5. The lowest BCUT2D eigenvalue weighted by Gasteiger charge is -2.23. The lowest BCUT2D eigenvalue weighted by atomic mass is 10.1. The fraction of sp³-hybridized carbons (Fsp3) is 0.571. The fourth-order valence-electron chi connectivity index (χ4n) is 1.45.